The zero-order chi connectivity index (χ0) is 14.2. The Labute approximate surface area is 120 Å². The highest BCUT2D eigenvalue weighted by molar-refractivity contribution is 5.21. The van der Waals surface area contributed by atoms with Crippen molar-refractivity contribution >= 4 is 6.01 Å². The van der Waals surface area contributed by atoms with E-state index in [9.17, 15) is 0 Å². The monoisotopic (exact) mass is 282 g/mol. The van der Waals surface area contributed by atoms with Gasteiger partial charge in [0.1, 0.15) is 0 Å². The summed E-state index contributed by atoms with van der Waals surface area (Å²) in [4.78, 5) is 2.08. The van der Waals surface area contributed by atoms with Crippen molar-refractivity contribution in [3.05, 3.63) is 5.89 Å². The molecule has 1 aromatic heterocycles. The molecule has 0 radical (unpaired) electrons. The third-order valence-corrected chi connectivity index (χ3v) is 3.80. The van der Waals surface area contributed by atoms with Crippen LogP contribution in [0.3, 0.4) is 0 Å². The number of nitrogens with zero attached hydrogens (tertiary/aromatic N) is 3. The zero-order valence-corrected chi connectivity index (χ0v) is 12.6. The van der Waals surface area contributed by atoms with E-state index in [0.717, 1.165) is 19.0 Å². The van der Waals surface area contributed by atoms with E-state index in [4.69, 9.17) is 9.15 Å². The second-order valence-corrected chi connectivity index (χ2v) is 5.53. The summed E-state index contributed by atoms with van der Waals surface area (Å²) in [5.41, 5.74) is 0. The molecule has 20 heavy (non-hydrogen) atoms. The van der Waals surface area contributed by atoms with E-state index in [0.29, 0.717) is 25.1 Å². The van der Waals surface area contributed by atoms with Crippen LogP contribution in [0.4, 0.5) is 6.01 Å². The van der Waals surface area contributed by atoms with Crippen LogP contribution >= 0.6 is 0 Å². The number of rotatable bonds is 8. The van der Waals surface area contributed by atoms with Crippen LogP contribution < -0.4 is 10.2 Å². The highest BCUT2D eigenvalue weighted by atomic mass is 16.5. The van der Waals surface area contributed by atoms with Gasteiger partial charge in [-0.2, -0.15) is 0 Å². The molecule has 0 amide bonds. The lowest BCUT2D eigenvalue weighted by atomic mass is 9.89. The topological polar surface area (TPSA) is 63.4 Å². The van der Waals surface area contributed by atoms with Crippen molar-refractivity contribution in [1.29, 1.82) is 0 Å². The molecule has 6 nitrogen and oxygen atoms in total. The maximum atomic E-state index is 5.67. The smallest absolute Gasteiger partial charge is 0.317 e. The summed E-state index contributed by atoms with van der Waals surface area (Å²) in [6, 6.07) is 0.624. The molecule has 2 rings (SSSR count). The highest BCUT2D eigenvalue weighted by Crippen LogP contribution is 2.25. The summed E-state index contributed by atoms with van der Waals surface area (Å²) in [7, 11) is 3.72. The molecule has 1 fully saturated rings. The van der Waals surface area contributed by atoms with Gasteiger partial charge in [0.2, 0.25) is 5.89 Å². The first-order chi connectivity index (χ1) is 9.79. The molecule has 0 unspecified atom stereocenters. The molecular weight excluding hydrogens is 256 g/mol. The van der Waals surface area contributed by atoms with Crippen LogP contribution in [0.15, 0.2) is 4.42 Å². The molecule has 1 aliphatic rings. The normalized spacial score (nSPS) is 16.5. The number of nitrogens with one attached hydrogen (secondary N) is 1. The van der Waals surface area contributed by atoms with Gasteiger partial charge in [-0.25, -0.2) is 0 Å². The molecule has 1 N–H and O–H groups in total. The van der Waals surface area contributed by atoms with Crippen LogP contribution in [-0.4, -0.2) is 44.1 Å². The standard InChI is InChI=1S/C14H26N4O2/c1-18(11-12-6-4-3-5-7-12)14-17-16-13(20-14)10-15-8-9-19-2/h12,15H,3-11H2,1-2H3. The number of hydrogen-bond acceptors (Lipinski definition) is 6. The first-order valence-electron chi connectivity index (χ1n) is 7.52. The molecule has 1 aliphatic carbocycles. The van der Waals surface area contributed by atoms with E-state index in [-0.39, 0.29) is 0 Å². The average molecular weight is 282 g/mol. The van der Waals surface area contributed by atoms with Gasteiger partial charge in [-0.3, -0.25) is 0 Å². The van der Waals surface area contributed by atoms with Crippen molar-refractivity contribution in [2.24, 2.45) is 5.92 Å². The van der Waals surface area contributed by atoms with Gasteiger partial charge in [-0.1, -0.05) is 24.4 Å². The highest BCUT2D eigenvalue weighted by Gasteiger charge is 2.18. The van der Waals surface area contributed by atoms with Crippen molar-refractivity contribution < 1.29 is 9.15 Å². The van der Waals surface area contributed by atoms with E-state index in [2.05, 4.69) is 20.4 Å². The number of hydrogen-bond donors (Lipinski definition) is 1. The molecule has 1 saturated carbocycles. The Kier molecular flexibility index (Phi) is 6.26. The Hall–Kier alpha value is -1.14. The van der Waals surface area contributed by atoms with Crippen molar-refractivity contribution in [3.63, 3.8) is 0 Å². The molecule has 1 heterocycles. The quantitative estimate of drug-likeness (QED) is 0.734. The molecule has 0 bridgehead atoms. The Morgan fingerprint density at radius 1 is 1.30 bits per heavy atom. The van der Waals surface area contributed by atoms with Gasteiger partial charge in [0.25, 0.3) is 0 Å². The first-order valence-corrected chi connectivity index (χ1v) is 7.52. The van der Waals surface area contributed by atoms with Gasteiger partial charge in [-0.05, 0) is 18.8 Å². The lowest BCUT2D eigenvalue weighted by Gasteiger charge is -2.25. The molecule has 0 atom stereocenters. The van der Waals surface area contributed by atoms with Crippen LogP contribution in [0, 0.1) is 5.92 Å². The summed E-state index contributed by atoms with van der Waals surface area (Å²) < 4.78 is 10.6. The van der Waals surface area contributed by atoms with Crippen LogP contribution in [0.5, 0.6) is 0 Å². The summed E-state index contributed by atoms with van der Waals surface area (Å²) in [6.45, 7) is 3.07. The SMILES string of the molecule is COCCNCc1nnc(N(C)CC2CCCCC2)o1. The molecule has 0 saturated heterocycles. The fraction of sp³-hybridized carbons (Fsp3) is 0.857. The van der Waals surface area contributed by atoms with E-state index in [1.165, 1.54) is 32.1 Å². The molecule has 114 valence electrons. The fourth-order valence-electron chi connectivity index (χ4n) is 2.68. The van der Waals surface area contributed by atoms with Gasteiger partial charge >= 0.3 is 6.01 Å². The van der Waals surface area contributed by atoms with Gasteiger partial charge in [-0.15, -0.1) is 5.10 Å². The van der Waals surface area contributed by atoms with Crippen molar-refractivity contribution in [2.45, 2.75) is 38.6 Å². The largest absolute Gasteiger partial charge is 0.407 e. The van der Waals surface area contributed by atoms with E-state index < -0.39 is 0 Å². The van der Waals surface area contributed by atoms with Gasteiger partial charge < -0.3 is 19.4 Å². The fourth-order valence-corrected chi connectivity index (χ4v) is 2.68. The van der Waals surface area contributed by atoms with Crippen molar-refractivity contribution in [1.82, 2.24) is 15.5 Å². The number of ether oxygens (including phenoxy) is 1. The van der Waals surface area contributed by atoms with Crippen LogP contribution in [-0.2, 0) is 11.3 Å². The predicted molar refractivity (Wildman–Crippen MR) is 77.7 cm³/mol. The molecular formula is C14H26N4O2. The minimum absolute atomic E-state index is 0.591. The average Bonchev–Trinajstić information content (AvgIpc) is 2.94. The number of anilines is 1. The summed E-state index contributed by atoms with van der Waals surface area (Å²) in [5, 5.41) is 11.4. The predicted octanol–water partition coefficient (Wildman–Crippen LogP) is 1.82. The van der Waals surface area contributed by atoms with Crippen molar-refractivity contribution in [3.8, 4) is 0 Å². The van der Waals surface area contributed by atoms with Gasteiger partial charge in [0, 0.05) is 27.2 Å². The first kappa shape index (κ1) is 15.3. The van der Waals surface area contributed by atoms with Gasteiger partial charge in [0.15, 0.2) is 0 Å². The number of methoxy groups -OCH3 is 1. The third kappa shape index (κ3) is 4.76. The van der Waals surface area contributed by atoms with Crippen LogP contribution in [0.2, 0.25) is 0 Å². The Morgan fingerprint density at radius 3 is 2.85 bits per heavy atom. The van der Waals surface area contributed by atoms with Crippen LogP contribution in [0.25, 0.3) is 0 Å². The minimum Gasteiger partial charge on any atom is -0.407 e. The summed E-state index contributed by atoms with van der Waals surface area (Å²) in [5.74, 6) is 1.40. The molecule has 0 aliphatic heterocycles. The maximum absolute atomic E-state index is 5.67. The summed E-state index contributed by atoms with van der Waals surface area (Å²) in [6.07, 6.45) is 6.75. The lowest BCUT2D eigenvalue weighted by molar-refractivity contribution is 0.198. The zero-order valence-electron chi connectivity index (χ0n) is 12.6. The molecule has 0 aromatic carbocycles. The minimum atomic E-state index is 0.591. The third-order valence-electron chi connectivity index (χ3n) is 3.80. The lowest BCUT2D eigenvalue weighted by Crippen LogP contribution is -2.27. The van der Waals surface area contributed by atoms with Crippen molar-refractivity contribution in [2.75, 3.05) is 38.8 Å². The Morgan fingerprint density at radius 2 is 2.10 bits per heavy atom. The Bertz CT molecular complexity index is 377. The second kappa shape index (κ2) is 8.21. The molecule has 1 aromatic rings. The second-order valence-electron chi connectivity index (χ2n) is 5.53. The van der Waals surface area contributed by atoms with E-state index in [1.807, 2.05) is 7.05 Å². The Balaban J connectivity index is 1.75. The molecule has 6 heteroatoms. The van der Waals surface area contributed by atoms with E-state index >= 15 is 0 Å². The summed E-state index contributed by atoms with van der Waals surface area (Å²) >= 11 is 0. The van der Waals surface area contributed by atoms with Crippen LogP contribution in [0.1, 0.15) is 38.0 Å². The number of aromatic nitrogens is 2. The van der Waals surface area contributed by atoms with E-state index in [1.54, 1.807) is 7.11 Å². The molecule has 0 spiro atoms. The van der Waals surface area contributed by atoms with Gasteiger partial charge in [0.05, 0.1) is 13.2 Å². The maximum Gasteiger partial charge on any atom is 0.317 e.